The SMILES string of the molecule is NNC(=O)c1ccccc1CN1CCC(N)CC1. The summed E-state index contributed by atoms with van der Waals surface area (Å²) in [7, 11) is 0. The zero-order valence-corrected chi connectivity index (χ0v) is 10.4. The van der Waals surface area contributed by atoms with Gasteiger partial charge in [0.1, 0.15) is 0 Å². The number of hydrogen-bond donors (Lipinski definition) is 3. The molecule has 0 saturated carbocycles. The first kappa shape index (κ1) is 13.0. The molecule has 1 amide bonds. The van der Waals surface area contributed by atoms with E-state index in [9.17, 15) is 4.79 Å². The predicted octanol–water partition coefficient (Wildman–Crippen LogP) is 0.213. The highest BCUT2D eigenvalue weighted by molar-refractivity contribution is 5.95. The van der Waals surface area contributed by atoms with Crippen LogP contribution in [0.1, 0.15) is 28.8 Å². The second-order valence-corrected chi connectivity index (χ2v) is 4.74. The zero-order valence-electron chi connectivity index (χ0n) is 10.4. The molecule has 5 nitrogen and oxygen atoms in total. The molecule has 1 aliphatic rings. The molecule has 0 unspecified atom stereocenters. The van der Waals surface area contributed by atoms with Crippen molar-refractivity contribution in [2.75, 3.05) is 13.1 Å². The van der Waals surface area contributed by atoms with Crippen LogP contribution in [0.3, 0.4) is 0 Å². The van der Waals surface area contributed by atoms with E-state index in [1.54, 1.807) is 6.07 Å². The zero-order chi connectivity index (χ0) is 13.0. The van der Waals surface area contributed by atoms with Crippen LogP contribution < -0.4 is 17.0 Å². The summed E-state index contributed by atoms with van der Waals surface area (Å²) in [6.07, 6.45) is 2.04. The van der Waals surface area contributed by atoms with Crippen molar-refractivity contribution in [3.8, 4) is 0 Å². The third-order valence-corrected chi connectivity index (χ3v) is 3.42. The van der Waals surface area contributed by atoms with E-state index < -0.39 is 0 Å². The van der Waals surface area contributed by atoms with Crippen molar-refractivity contribution in [2.24, 2.45) is 11.6 Å². The largest absolute Gasteiger partial charge is 0.328 e. The van der Waals surface area contributed by atoms with E-state index in [0.717, 1.165) is 38.0 Å². The van der Waals surface area contributed by atoms with Gasteiger partial charge in [0.05, 0.1) is 0 Å². The van der Waals surface area contributed by atoms with Crippen molar-refractivity contribution in [3.63, 3.8) is 0 Å². The molecule has 1 aliphatic heterocycles. The first-order valence-corrected chi connectivity index (χ1v) is 6.27. The summed E-state index contributed by atoms with van der Waals surface area (Å²) in [5.41, 5.74) is 9.73. The van der Waals surface area contributed by atoms with Crippen LogP contribution in [0.5, 0.6) is 0 Å². The Morgan fingerprint density at radius 2 is 2.00 bits per heavy atom. The molecule has 0 aromatic heterocycles. The normalized spacial score (nSPS) is 17.7. The van der Waals surface area contributed by atoms with E-state index in [4.69, 9.17) is 11.6 Å². The topological polar surface area (TPSA) is 84.4 Å². The maximum atomic E-state index is 11.7. The minimum Gasteiger partial charge on any atom is -0.328 e. The number of nitrogens with two attached hydrogens (primary N) is 2. The maximum absolute atomic E-state index is 11.7. The number of benzene rings is 1. The number of likely N-dealkylation sites (tertiary alicyclic amines) is 1. The minimum atomic E-state index is -0.237. The lowest BCUT2D eigenvalue weighted by Crippen LogP contribution is -2.39. The molecule has 0 spiro atoms. The smallest absolute Gasteiger partial charge is 0.265 e. The Balaban J connectivity index is 2.07. The van der Waals surface area contributed by atoms with Gasteiger partial charge in [0.25, 0.3) is 5.91 Å². The van der Waals surface area contributed by atoms with Crippen molar-refractivity contribution >= 4 is 5.91 Å². The van der Waals surface area contributed by atoms with E-state index in [0.29, 0.717) is 11.6 Å². The number of amides is 1. The van der Waals surface area contributed by atoms with Gasteiger partial charge in [-0.2, -0.15) is 0 Å². The van der Waals surface area contributed by atoms with Crippen molar-refractivity contribution < 1.29 is 4.79 Å². The molecule has 1 aromatic carbocycles. The monoisotopic (exact) mass is 248 g/mol. The molecule has 1 saturated heterocycles. The molecule has 0 radical (unpaired) electrons. The quantitative estimate of drug-likeness (QED) is 0.406. The van der Waals surface area contributed by atoms with Crippen molar-refractivity contribution in [2.45, 2.75) is 25.4 Å². The summed E-state index contributed by atoms with van der Waals surface area (Å²) in [6, 6.07) is 7.88. The highest BCUT2D eigenvalue weighted by atomic mass is 16.2. The Hall–Kier alpha value is -1.43. The highest BCUT2D eigenvalue weighted by Crippen LogP contribution is 2.15. The van der Waals surface area contributed by atoms with Gasteiger partial charge in [-0.1, -0.05) is 18.2 Å². The minimum absolute atomic E-state index is 0.237. The van der Waals surface area contributed by atoms with Crippen LogP contribution in [0.4, 0.5) is 0 Å². The molecule has 1 aromatic rings. The lowest BCUT2D eigenvalue weighted by molar-refractivity contribution is 0.0951. The first-order chi connectivity index (χ1) is 8.70. The van der Waals surface area contributed by atoms with Gasteiger partial charge >= 0.3 is 0 Å². The van der Waals surface area contributed by atoms with Gasteiger partial charge in [0.2, 0.25) is 0 Å². The fourth-order valence-electron chi connectivity index (χ4n) is 2.31. The molecule has 5 N–H and O–H groups in total. The van der Waals surface area contributed by atoms with Crippen LogP contribution in [-0.4, -0.2) is 29.9 Å². The highest BCUT2D eigenvalue weighted by Gasteiger charge is 2.18. The summed E-state index contributed by atoms with van der Waals surface area (Å²) in [6.45, 7) is 2.75. The van der Waals surface area contributed by atoms with Gasteiger partial charge < -0.3 is 5.73 Å². The average molecular weight is 248 g/mol. The van der Waals surface area contributed by atoms with E-state index >= 15 is 0 Å². The van der Waals surface area contributed by atoms with Gasteiger partial charge in [-0.25, -0.2) is 5.84 Å². The van der Waals surface area contributed by atoms with E-state index in [-0.39, 0.29) is 5.91 Å². The number of hydrazine groups is 1. The van der Waals surface area contributed by atoms with Crippen LogP contribution in [-0.2, 0) is 6.54 Å². The van der Waals surface area contributed by atoms with Crippen LogP contribution in [0.2, 0.25) is 0 Å². The third-order valence-electron chi connectivity index (χ3n) is 3.42. The fraction of sp³-hybridized carbons (Fsp3) is 0.462. The third kappa shape index (κ3) is 3.07. The molecular formula is C13H20N4O. The molecule has 0 atom stereocenters. The number of nitrogens with zero attached hydrogens (tertiary/aromatic N) is 1. The van der Waals surface area contributed by atoms with Gasteiger partial charge in [-0.3, -0.25) is 15.1 Å². The number of rotatable bonds is 3. The number of hydrogen-bond acceptors (Lipinski definition) is 4. The molecule has 98 valence electrons. The summed E-state index contributed by atoms with van der Waals surface area (Å²) in [4.78, 5) is 14.0. The Morgan fingerprint density at radius 1 is 1.33 bits per heavy atom. The molecule has 0 bridgehead atoms. The Bertz CT molecular complexity index is 413. The number of carbonyl (C=O) groups is 1. The summed E-state index contributed by atoms with van der Waals surface area (Å²) < 4.78 is 0. The molecule has 0 aliphatic carbocycles. The summed E-state index contributed by atoms with van der Waals surface area (Å²) >= 11 is 0. The Morgan fingerprint density at radius 3 is 2.67 bits per heavy atom. The summed E-state index contributed by atoms with van der Waals surface area (Å²) in [5.74, 6) is 4.96. The molecule has 1 fully saturated rings. The van der Waals surface area contributed by atoms with Gasteiger partial charge in [-0.05, 0) is 37.6 Å². The molecule has 5 heteroatoms. The number of nitrogens with one attached hydrogen (secondary N) is 1. The molecule has 2 rings (SSSR count). The Labute approximate surface area is 107 Å². The molecule has 18 heavy (non-hydrogen) atoms. The number of nitrogen functional groups attached to an aromatic ring is 1. The first-order valence-electron chi connectivity index (χ1n) is 6.27. The van der Waals surface area contributed by atoms with Crippen molar-refractivity contribution in [1.29, 1.82) is 0 Å². The van der Waals surface area contributed by atoms with E-state index in [1.165, 1.54) is 0 Å². The van der Waals surface area contributed by atoms with Crippen molar-refractivity contribution in [3.05, 3.63) is 35.4 Å². The second kappa shape index (κ2) is 5.95. The van der Waals surface area contributed by atoms with Crippen LogP contribution in [0.15, 0.2) is 24.3 Å². The van der Waals surface area contributed by atoms with Gasteiger partial charge in [0.15, 0.2) is 0 Å². The average Bonchev–Trinajstić information content (AvgIpc) is 2.41. The van der Waals surface area contributed by atoms with Crippen LogP contribution >= 0.6 is 0 Å². The molecular weight excluding hydrogens is 228 g/mol. The number of piperidine rings is 1. The number of carbonyl (C=O) groups excluding carboxylic acids is 1. The van der Waals surface area contributed by atoms with Crippen LogP contribution in [0, 0.1) is 0 Å². The van der Waals surface area contributed by atoms with Crippen LogP contribution in [0.25, 0.3) is 0 Å². The standard InChI is InChI=1S/C13H20N4O/c14-11-5-7-17(8-6-11)9-10-3-1-2-4-12(10)13(18)16-15/h1-4,11H,5-9,14-15H2,(H,16,18). The van der Waals surface area contributed by atoms with E-state index in [1.807, 2.05) is 18.2 Å². The Kier molecular flexibility index (Phi) is 4.30. The maximum Gasteiger partial charge on any atom is 0.265 e. The molecule has 1 heterocycles. The lowest BCUT2D eigenvalue weighted by atomic mass is 10.0. The fourth-order valence-corrected chi connectivity index (χ4v) is 2.31. The van der Waals surface area contributed by atoms with E-state index in [2.05, 4.69) is 10.3 Å². The second-order valence-electron chi connectivity index (χ2n) is 4.74. The lowest BCUT2D eigenvalue weighted by Gasteiger charge is -2.30. The van der Waals surface area contributed by atoms with Gasteiger partial charge in [0, 0.05) is 18.2 Å². The van der Waals surface area contributed by atoms with Gasteiger partial charge in [-0.15, -0.1) is 0 Å². The van der Waals surface area contributed by atoms with Crippen molar-refractivity contribution in [1.82, 2.24) is 10.3 Å². The summed E-state index contributed by atoms with van der Waals surface area (Å²) in [5, 5.41) is 0. The predicted molar refractivity (Wildman–Crippen MR) is 70.6 cm³/mol.